The van der Waals surface area contributed by atoms with Crippen LogP contribution in [-0.2, 0) is 11.3 Å². The summed E-state index contributed by atoms with van der Waals surface area (Å²) in [5.41, 5.74) is 0.764. The van der Waals surface area contributed by atoms with E-state index in [-0.39, 0.29) is 17.4 Å². The van der Waals surface area contributed by atoms with Gasteiger partial charge < -0.3 is 10.3 Å². The molecule has 2 aromatic rings. The molecular formula is C24H35N3O2S. The van der Waals surface area contributed by atoms with Crippen molar-refractivity contribution in [2.24, 2.45) is 17.8 Å². The Hall–Kier alpha value is -1.95. The number of aromatic amines is 1. The van der Waals surface area contributed by atoms with Crippen LogP contribution >= 0.6 is 12.2 Å². The molecule has 1 heterocycles. The van der Waals surface area contributed by atoms with Gasteiger partial charge in [-0.05, 0) is 68.3 Å². The maximum atomic E-state index is 12.9. The van der Waals surface area contributed by atoms with E-state index in [0.717, 1.165) is 44.2 Å². The van der Waals surface area contributed by atoms with Gasteiger partial charge >= 0.3 is 0 Å². The molecule has 1 aliphatic rings. The van der Waals surface area contributed by atoms with E-state index < -0.39 is 0 Å². The van der Waals surface area contributed by atoms with Gasteiger partial charge in [0.2, 0.25) is 5.91 Å². The fraction of sp³-hybridized carbons (Fsp3) is 0.625. The molecule has 1 atom stereocenters. The lowest BCUT2D eigenvalue weighted by Crippen LogP contribution is -2.37. The Kier molecular flexibility index (Phi) is 8.25. The summed E-state index contributed by atoms with van der Waals surface area (Å²) in [6.07, 6.45) is 8.45. The number of para-hydroxylation sites is 1. The lowest BCUT2D eigenvalue weighted by Gasteiger charge is -2.28. The molecule has 3 rings (SSSR count). The number of nitrogens with one attached hydrogen (secondary N) is 2. The first-order valence-electron chi connectivity index (χ1n) is 11.5. The molecule has 0 saturated heterocycles. The molecule has 1 aromatic heterocycles. The second kappa shape index (κ2) is 10.9. The van der Waals surface area contributed by atoms with Crippen LogP contribution in [0, 0.1) is 22.5 Å². The smallest absolute Gasteiger partial charge is 0.262 e. The second-order valence-electron chi connectivity index (χ2n) is 8.77. The Morgan fingerprint density at radius 2 is 1.97 bits per heavy atom. The molecule has 30 heavy (non-hydrogen) atoms. The summed E-state index contributed by atoms with van der Waals surface area (Å²) >= 11 is 5.44. The maximum absolute atomic E-state index is 12.9. The van der Waals surface area contributed by atoms with Gasteiger partial charge in [0.15, 0.2) is 4.77 Å². The van der Waals surface area contributed by atoms with Crippen molar-refractivity contribution in [2.45, 2.75) is 71.8 Å². The SMILES string of the molecule is CCCCC(CC)CNC(=O)C1CCC(Cn2c(=S)[nH]c3ccccc3c2=O)CC1. The van der Waals surface area contributed by atoms with Crippen LogP contribution < -0.4 is 10.9 Å². The number of hydrogen-bond donors (Lipinski definition) is 2. The third-order valence-electron chi connectivity index (χ3n) is 6.66. The minimum Gasteiger partial charge on any atom is -0.356 e. The predicted molar refractivity (Wildman–Crippen MR) is 125 cm³/mol. The molecule has 1 fully saturated rings. The molecule has 1 unspecified atom stereocenters. The fourth-order valence-electron chi connectivity index (χ4n) is 4.56. The Labute approximate surface area is 184 Å². The molecule has 1 amide bonds. The van der Waals surface area contributed by atoms with Crippen molar-refractivity contribution in [3.05, 3.63) is 39.4 Å². The van der Waals surface area contributed by atoms with Gasteiger partial charge in [-0.15, -0.1) is 0 Å². The van der Waals surface area contributed by atoms with Gasteiger partial charge in [-0.2, -0.15) is 0 Å². The number of carbonyl (C=O) groups excluding carboxylic acids is 1. The lowest BCUT2D eigenvalue weighted by atomic mass is 9.81. The summed E-state index contributed by atoms with van der Waals surface area (Å²) in [7, 11) is 0. The maximum Gasteiger partial charge on any atom is 0.262 e. The third kappa shape index (κ3) is 5.60. The highest BCUT2D eigenvalue weighted by Gasteiger charge is 2.27. The zero-order chi connectivity index (χ0) is 21.5. The van der Waals surface area contributed by atoms with Crippen LogP contribution in [0.5, 0.6) is 0 Å². The van der Waals surface area contributed by atoms with Crippen molar-refractivity contribution in [1.29, 1.82) is 0 Å². The number of unbranched alkanes of at least 4 members (excludes halogenated alkanes) is 1. The summed E-state index contributed by atoms with van der Waals surface area (Å²) < 4.78 is 2.18. The first-order chi connectivity index (χ1) is 14.5. The number of rotatable bonds is 9. The predicted octanol–water partition coefficient (Wildman–Crippen LogP) is 5.20. The number of fused-ring (bicyclic) bond motifs is 1. The van der Waals surface area contributed by atoms with Gasteiger partial charge in [-0.25, -0.2) is 0 Å². The van der Waals surface area contributed by atoms with Crippen molar-refractivity contribution in [3.63, 3.8) is 0 Å². The van der Waals surface area contributed by atoms with Crippen molar-refractivity contribution < 1.29 is 4.79 Å². The van der Waals surface area contributed by atoms with E-state index >= 15 is 0 Å². The topological polar surface area (TPSA) is 66.9 Å². The zero-order valence-electron chi connectivity index (χ0n) is 18.3. The van der Waals surface area contributed by atoms with Crippen LogP contribution in [0.3, 0.4) is 0 Å². The van der Waals surface area contributed by atoms with E-state index in [0.29, 0.717) is 28.5 Å². The molecule has 0 spiro atoms. The van der Waals surface area contributed by atoms with Crippen LogP contribution in [0.15, 0.2) is 29.1 Å². The normalized spacial score (nSPS) is 20.2. The molecule has 0 aliphatic heterocycles. The Morgan fingerprint density at radius 3 is 2.67 bits per heavy atom. The van der Waals surface area contributed by atoms with E-state index in [2.05, 4.69) is 24.1 Å². The minimum absolute atomic E-state index is 0.0214. The quantitative estimate of drug-likeness (QED) is 0.539. The standard InChI is InChI=1S/C24H35N3O2S/c1-3-5-8-17(4-2)15-25-22(28)19-13-11-18(12-14-19)16-27-23(29)20-9-6-7-10-21(20)26-24(27)30/h6-7,9-10,17-19H,3-5,8,11-16H2,1-2H3,(H,25,28)(H,26,30). The number of benzene rings is 1. The summed E-state index contributed by atoms with van der Waals surface area (Å²) in [5.74, 6) is 1.29. The molecule has 164 valence electrons. The largest absolute Gasteiger partial charge is 0.356 e. The molecule has 0 radical (unpaired) electrons. The average Bonchev–Trinajstić information content (AvgIpc) is 2.77. The van der Waals surface area contributed by atoms with E-state index in [1.54, 1.807) is 4.57 Å². The molecule has 1 aromatic carbocycles. The molecule has 1 saturated carbocycles. The van der Waals surface area contributed by atoms with Crippen LogP contribution in [0.4, 0.5) is 0 Å². The monoisotopic (exact) mass is 429 g/mol. The van der Waals surface area contributed by atoms with E-state index in [9.17, 15) is 9.59 Å². The van der Waals surface area contributed by atoms with Crippen LogP contribution in [0.1, 0.15) is 65.2 Å². The van der Waals surface area contributed by atoms with Crippen molar-refractivity contribution in [1.82, 2.24) is 14.9 Å². The summed E-state index contributed by atoms with van der Waals surface area (Å²) in [5, 5.41) is 3.87. The van der Waals surface area contributed by atoms with E-state index in [1.807, 2.05) is 24.3 Å². The Morgan fingerprint density at radius 1 is 1.23 bits per heavy atom. The number of aromatic nitrogens is 2. The van der Waals surface area contributed by atoms with E-state index in [4.69, 9.17) is 12.2 Å². The van der Waals surface area contributed by atoms with Crippen molar-refractivity contribution in [2.75, 3.05) is 6.54 Å². The minimum atomic E-state index is -0.0214. The van der Waals surface area contributed by atoms with Gasteiger partial charge in [0.25, 0.3) is 5.56 Å². The van der Waals surface area contributed by atoms with Crippen LogP contribution in [0.25, 0.3) is 10.9 Å². The number of hydrogen-bond acceptors (Lipinski definition) is 3. The Balaban J connectivity index is 1.54. The highest BCUT2D eigenvalue weighted by molar-refractivity contribution is 7.71. The van der Waals surface area contributed by atoms with Crippen LogP contribution in [-0.4, -0.2) is 22.0 Å². The third-order valence-corrected chi connectivity index (χ3v) is 6.98. The highest BCUT2D eigenvalue weighted by atomic mass is 32.1. The summed E-state index contributed by atoms with van der Waals surface area (Å²) in [6.45, 7) is 5.85. The first-order valence-corrected chi connectivity index (χ1v) is 11.9. The second-order valence-corrected chi connectivity index (χ2v) is 9.16. The zero-order valence-corrected chi connectivity index (χ0v) is 19.1. The molecule has 0 bridgehead atoms. The molecule has 5 nitrogen and oxygen atoms in total. The molecule has 6 heteroatoms. The Bertz CT molecular complexity index is 957. The van der Waals surface area contributed by atoms with Crippen LogP contribution in [0.2, 0.25) is 0 Å². The summed E-state index contributed by atoms with van der Waals surface area (Å²) in [4.78, 5) is 28.7. The number of nitrogens with zero attached hydrogens (tertiary/aromatic N) is 1. The first kappa shape index (κ1) is 22.7. The van der Waals surface area contributed by atoms with Gasteiger partial charge in [0.05, 0.1) is 10.9 Å². The lowest BCUT2D eigenvalue weighted by molar-refractivity contribution is -0.126. The fourth-order valence-corrected chi connectivity index (χ4v) is 4.83. The van der Waals surface area contributed by atoms with E-state index in [1.165, 1.54) is 19.3 Å². The number of H-pyrrole nitrogens is 1. The molecular weight excluding hydrogens is 394 g/mol. The molecule has 1 aliphatic carbocycles. The molecule has 2 N–H and O–H groups in total. The van der Waals surface area contributed by atoms with Gasteiger partial charge in [0.1, 0.15) is 0 Å². The number of carbonyl (C=O) groups is 1. The van der Waals surface area contributed by atoms with Crippen molar-refractivity contribution in [3.8, 4) is 0 Å². The van der Waals surface area contributed by atoms with Gasteiger partial charge in [-0.1, -0.05) is 45.2 Å². The highest BCUT2D eigenvalue weighted by Crippen LogP contribution is 2.30. The average molecular weight is 430 g/mol. The van der Waals surface area contributed by atoms with Gasteiger partial charge in [0, 0.05) is 19.0 Å². The summed E-state index contributed by atoms with van der Waals surface area (Å²) in [6, 6.07) is 7.49. The number of amides is 1. The van der Waals surface area contributed by atoms with Crippen molar-refractivity contribution >= 4 is 29.0 Å². The van der Waals surface area contributed by atoms with Gasteiger partial charge in [-0.3, -0.25) is 14.2 Å².